The van der Waals surface area contributed by atoms with Crippen LogP contribution in [0.2, 0.25) is 0 Å². The molecule has 82 valence electrons. The predicted octanol–water partition coefficient (Wildman–Crippen LogP) is 1.13. The number of likely N-dealkylation sites (N-methyl/N-ethyl adjacent to an activating group) is 1. The van der Waals surface area contributed by atoms with Crippen LogP contribution in [0.4, 0.5) is 11.4 Å². The first kappa shape index (κ1) is 11.4. The van der Waals surface area contributed by atoms with E-state index in [1.165, 1.54) is 0 Å². The fraction of sp³-hybridized carbons (Fsp3) is 0.364. The summed E-state index contributed by atoms with van der Waals surface area (Å²) in [7, 11) is 0. The van der Waals surface area contributed by atoms with Crippen LogP contribution >= 0.6 is 0 Å². The Bertz CT molecular complexity index is 350. The smallest absolute Gasteiger partial charge is 0.239 e. The maximum Gasteiger partial charge on any atom is 0.239 e. The third kappa shape index (κ3) is 3.50. The molecular formula is C11H17N3O. The summed E-state index contributed by atoms with van der Waals surface area (Å²) in [6.45, 7) is 4.76. The number of nitrogens with two attached hydrogens (primary N) is 1. The Labute approximate surface area is 89.9 Å². The van der Waals surface area contributed by atoms with Gasteiger partial charge in [0.15, 0.2) is 0 Å². The quantitative estimate of drug-likeness (QED) is 0.648. The van der Waals surface area contributed by atoms with Crippen molar-refractivity contribution in [2.45, 2.75) is 13.8 Å². The summed E-state index contributed by atoms with van der Waals surface area (Å²) in [5.41, 5.74) is 8.38. The van der Waals surface area contributed by atoms with Gasteiger partial charge in [0.1, 0.15) is 0 Å². The van der Waals surface area contributed by atoms with Gasteiger partial charge in [0.25, 0.3) is 0 Å². The zero-order valence-electron chi connectivity index (χ0n) is 9.13. The highest BCUT2D eigenvalue weighted by Gasteiger charge is 2.00. The average Bonchev–Trinajstić information content (AvgIpc) is 2.20. The summed E-state index contributed by atoms with van der Waals surface area (Å²) < 4.78 is 0. The summed E-state index contributed by atoms with van der Waals surface area (Å²) in [6.07, 6.45) is 0. The highest BCUT2D eigenvalue weighted by atomic mass is 16.1. The molecule has 0 saturated carbocycles. The monoisotopic (exact) mass is 207 g/mol. The van der Waals surface area contributed by atoms with Crippen LogP contribution < -0.4 is 16.4 Å². The van der Waals surface area contributed by atoms with Crippen molar-refractivity contribution in [3.05, 3.63) is 23.8 Å². The van der Waals surface area contributed by atoms with Gasteiger partial charge < -0.3 is 16.4 Å². The molecule has 0 heterocycles. The third-order valence-corrected chi connectivity index (χ3v) is 2.11. The third-order valence-electron chi connectivity index (χ3n) is 2.11. The van der Waals surface area contributed by atoms with E-state index in [-0.39, 0.29) is 12.5 Å². The second-order valence-electron chi connectivity index (χ2n) is 3.38. The molecule has 0 fully saturated rings. The molecule has 0 aliphatic carbocycles. The van der Waals surface area contributed by atoms with Crippen LogP contribution in [-0.4, -0.2) is 19.0 Å². The topological polar surface area (TPSA) is 67.2 Å². The molecule has 1 rings (SSSR count). The van der Waals surface area contributed by atoms with Crippen molar-refractivity contribution in [2.24, 2.45) is 0 Å². The van der Waals surface area contributed by atoms with Gasteiger partial charge in [-0.25, -0.2) is 0 Å². The van der Waals surface area contributed by atoms with Gasteiger partial charge in [-0.1, -0.05) is 6.07 Å². The van der Waals surface area contributed by atoms with Gasteiger partial charge in [-0.3, -0.25) is 4.79 Å². The molecular weight excluding hydrogens is 190 g/mol. The molecule has 0 aliphatic rings. The fourth-order valence-corrected chi connectivity index (χ4v) is 1.19. The summed E-state index contributed by atoms with van der Waals surface area (Å²) >= 11 is 0. The van der Waals surface area contributed by atoms with Gasteiger partial charge in [-0.2, -0.15) is 0 Å². The van der Waals surface area contributed by atoms with E-state index >= 15 is 0 Å². The van der Waals surface area contributed by atoms with Gasteiger partial charge in [-0.15, -0.1) is 0 Å². The minimum Gasteiger partial charge on any atom is -0.398 e. The summed E-state index contributed by atoms with van der Waals surface area (Å²) in [4.78, 5) is 11.2. The van der Waals surface area contributed by atoms with Crippen LogP contribution in [0.15, 0.2) is 18.2 Å². The Balaban J connectivity index is 2.51. The molecule has 15 heavy (non-hydrogen) atoms. The molecule has 4 nitrogen and oxygen atoms in total. The number of amides is 1. The molecule has 1 aromatic rings. The predicted molar refractivity (Wildman–Crippen MR) is 62.8 cm³/mol. The molecule has 0 bridgehead atoms. The summed E-state index contributed by atoms with van der Waals surface area (Å²) in [5.74, 6) is -0.0170. The van der Waals surface area contributed by atoms with E-state index in [9.17, 15) is 4.79 Å². The normalized spacial score (nSPS) is 9.73. The second kappa shape index (κ2) is 5.24. The van der Waals surface area contributed by atoms with Crippen molar-refractivity contribution >= 4 is 17.3 Å². The molecule has 0 spiro atoms. The number of aryl methyl sites for hydroxylation is 1. The van der Waals surface area contributed by atoms with Crippen LogP contribution in [0.1, 0.15) is 12.5 Å². The lowest BCUT2D eigenvalue weighted by Crippen LogP contribution is -2.29. The first-order valence-corrected chi connectivity index (χ1v) is 5.00. The Hall–Kier alpha value is -1.71. The molecule has 0 saturated heterocycles. The minimum absolute atomic E-state index is 0.0170. The number of nitrogen functional groups attached to an aromatic ring is 1. The zero-order valence-corrected chi connectivity index (χ0v) is 9.13. The first-order chi connectivity index (χ1) is 7.13. The molecule has 0 atom stereocenters. The van der Waals surface area contributed by atoms with E-state index in [4.69, 9.17) is 5.73 Å². The van der Waals surface area contributed by atoms with Crippen molar-refractivity contribution in [3.63, 3.8) is 0 Å². The van der Waals surface area contributed by atoms with E-state index in [0.717, 1.165) is 16.9 Å². The summed E-state index contributed by atoms with van der Waals surface area (Å²) in [5, 5.41) is 5.71. The van der Waals surface area contributed by atoms with Crippen molar-refractivity contribution in [2.75, 3.05) is 24.1 Å². The van der Waals surface area contributed by atoms with Gasteiger partial charge >= 0.3 is 0 Å². The zero-order chi connectivity index (χ0) is 11.3. The van der Waals surface area contributed by atoms with Crippen LogP contribution in [-0.2, 0) is 4.79 Å². The maximum absolute atomic E-state index is 11.2. The van der Waals surface area contributed by atoms with Crippen molar-refractivity contribution in [3.8, 4) is 0 Å². The van der Waals surface area contributed by atoms with Gasteiger partial charge in [0, 0.05) is 17.9 Å². The van der Waals surface area contributed by atoms with Gasteiger partial charge in [0.2, 0.25) is 5.91 Å². The first-order valence-electron chi connectivity index (χ1n) is 5.00. The van der Waals surface area contributed by atoms with E-state index in [2.05, 4.69) is 10.6 Å². The van der Waals surface area contributed by atoms with Crippen LogP contribution in [0, 0.1) is 6.92 Å². The molecule has 4 heteroatoms. The number of anilines is 2. The van der Waals surface area contributed by atoms with Crippen molar-refractivity contribution in [1.29, 1.82) is 0 Å². The molecule has 0 radical (unpaired) electrons. The molecule has 4 N–H and O–H groups in total. The fourth-order valence-electron chi connectivity index (χ4n) is 1.19. The Morgan fingerprint density at radius 3 is 2.80 bits per heavy atom. The minimum atomic E-state index is -0.0170. The van der Waals surface area contributed by atoms with Gasteiger partial charge in [0.05, 0.1) is 6.54 Å². The number of nitrogens with one attached hydrogen (secondary N) is 2. The number of benzene rings is 1. The molecule has 0 unspecified atom stereocenters. The molecule has 1 aromatic carbocycles. The van der Waals surface area contributed by atoms with E-state index in [1.54, 1.807) is 0 Å². The highest BCUT2D eigenvalue weighted by molar-refractivity contribution is 5.80. The highest BCUT2D eigenvalue weighted by Crippen LogP contribution is 2.16. The number of hydrogen-bond donors (Lipinski definition) is 3. The summed E-state index contributed by atoms with van der Waals surface area (Å²) in [6, 6.07) is 5.66. The van der Waals surface area contributed by atoms with Crippen LogP contribution in [0.25, 0.3) is 0 Å². The lowest BCUT2D eigenvalue weighted by Gasteiger charge is -2.08. The Morgan fingerprint density at radius 2 is 2.20 bits per heavy atom. The van der Waals surface area contributed by atoms with E-state index in [0.29, 0.717) is 6.54 Å². The number of hydrogen-bond acceptors (Lipinski definition) is 3. The van der Waals surface area contributed by atoms with Crippen LogP contribution in [0.5, 0.6) is 0 Å². The Morgan fingerprint density at radius 1 is 1.47 bits per heavy atom. The Kier molecular flexibility index (Phi) is 3.97. The second-order valence-corrected chi connectivity index (χ2v) is 3.38. The maximum atomic E-state index is 11.2. The molecule has 0 aromatic heterocycles. The van der Waals surface area contributed by atoms with Crippen molar-refractivity contribution < 1.29 is 4.79 Å². The van der Waals surface area contributed by atoms with Crippen LogP contribution in [0.3, 0.4) is 0 Å². The average molecular weight is 207 g/mol. The van der Waals surface area contributed by atoms with Gasteiger partial charge in [-0.05, 0) is 31.5 Å². The lowest BCUT2D eigenvalue weighted by molar-refractivity contribution is -0.119. The molecule has 0 aliphatic heterocycles. The van der Waals surface area contributed by atoms with E-state index in [1.807, 2.05) is 32.0 Å². The SMILES string of the molecule is CCNC(=O)CNc1ccc(C)c(N)c1. The number of carbonyl (C=O) groups excluding carboxylic acids is 1. The number of rotatable bonds is 4. The lowest BCUT2D eigenvalue weighted by atomic mass is 10.2. The largest absolute Gasteiger partial charge is 0.398 e. The number of carbonyl (C=O) groups is 1. The van der Waals surface area contributed by atoms with Crippen molar-refractivity contribution in [1.82, 2.24) is 5.32 Å². The van der Waals surface area contributed by atoms with E-state index < -0.39 is 0 Å². The standard InChI is InChI=1S/C11H17N3O/c1-3-13-11(15)7-14-9-5-4-8(2)10(12)6-9/h4-6,14H,3,7,12H2,1-2H3,(H,13,15). The molecule has 1 amide bonds.